The molecule has 2 bridgehead atoms. The molecular formula is C17H29N3. The van der Waals surface area contributed by atoms with Gasteiger partial charge in [-0.25, -0.2) is 0 Å². The summed E-state index contributed by atoms with van der Waals surface area (Å²) in [6, 6.07) is 2.89. The molecule has 0 spiro atoms. The third-order valence-corrected chi connectivity index (χ3v) is 5.60. The molecule has 3 heteroatoms. The monoisotopic (exact) mass is 275 g/mol. The normalized spacial score (nSPS) is 30.0. The van der Waals surface area contributed by atoms with Gasteiger partial charge in [0.1, 0.15) is 0 Å². The van der Waals surface area contributed by atoms with Crippen molar-refractivity contribution in [2.45, 2.75) is 57.9 Å². The maximum absolute atomic E-state index is 4.29. The van der Waals surface area contributed by atoms with Gasteiger partial charge in [0.15, 0.2) is 0 Å². The Labute approximate surface area is 123 Å². The van der Waals surface area contributed by atoms with Crippen molar-refractivity contribution in [2.24, 2.45) is 24.8 Å². The number of nitrogens with one attached hydrogen (secondary N) is 1. The minimum Gasteiger partial charge on any atom is -0.314 e. The molecule has 2 saturated carbocycles. The van der Waals surface area contributed by atoms with E-state index in [4.69, 9.17) is 0 Å². The van der Waals surface area contributed by atoms with Crippen LogP contribution in [-0.2, 0) is 13.5 Å². The van der Waals surface area contributed by atoms with E-state index >= 15 is 0 Å². The molecule has 0 aromatic carbocycles. The third kappa shape index (κ3) is 2.93. The van der Waals surface area contributed by atoms with Crippen LogP contribution in [-0.4, -0.2) is 22.4 Å². The predicted octanol–water partition coefficient (Wildman–Crippen LogP) is 3.16. The van der Waals surface area contributed by atoms with Gasteiger partial charge in [0.25, 0.3) is 0 Å². The van der Waals surface area contributed by atoms with Crippen LogP contribution < -0.4 is 5.32 Å². The van der Waals surface area contributed by atoms with Crippen molar-refractivity contribution < 1.29 is 0 Å². The minimum absolute atomic E-state index is 0.722. The van der Waals surface area contributed by atoms with Crippen LogP contribution in [0.1, 0.15) is 51.1 Å². The highest BCUT2D eigenvalue weighted by Gasteiger charge is 2.42. The van der Waals surface area contributed by atoms with Gasteiger partial charge >= 0.3 is 0 Å². The van der Waals surface area contributed by atoms with Crippen molar-refractivity contribution in [3.05, 3.63) is 18.0 Å². The zero-order chi connectivity index (χ0) is 13.9. The highest BCUT2D eigenvalue weighted by Crippen LogP contribution is 2.50. The van der Waals surface area contributed by atoms with Crippen molar-refractivity contribution in [1.29, 1.82) is 0 Å². The lowest BCUT2D eigenvalue weighted by Gasteiger charge is -2.31. The van der Waals surface area contributed by atoms with E-state index in [0.29, 0.717) is 0 Å². The van der Waals surface area contributed by atoms with Crippen molar-refractivity contribution >= 4 is 0 Å². The third-order valence-electron chi connectivity index (χ3n) is 5.60. The largest absolute Gasteiger partial charge is 0.314 e. The van der Waals surface area contributed by atoms with Gasteiger partial charge < -0.3 is 5.32 Å². The topological polar surface area (TPSA) is 29.9 Å². The molecule has 4 atom stereocenters. The zero-order valence-corrected chi connectivity index (χ0v) is 13.0. The van der Waals surface area contributed by atoms with E-state index in [9.17, 15) is 0 Å². The Balaban J connectivity index is 1.59. The highest BCUT2D eigenvalue weighted by atomic mass is 15.2. The van der Waals surface area contributed by atoms with Gasteiger partial charge in [-0.15, -0.1) is 0 Å². The molecule has 3 nitrogen and oxygen atoms in total. The maximum atomic E-state index is 4.29. The second-order valence-corrected chi connectivity index (χ2v) is 6.88. The molecule has 0 amide bonds. The first-order valence-electron chi connectivity index (χ1n) is 8.48. The number of rotatable bonds is 7. The van der Waals surface area contributed by atoms with Crippen molar-refractivity contribution in [3.63, 3.8) is 0 Å². The van der Waals surface area contributed by atoms with Gasteiger partial charge in [0.05, 0.1) is 0 Å². The summed E-state index contributed by atoms with van der Waals surface area (Å²) in [5, 5.41) is 8.14. The van der Waals surface area contributed by atoms with Gasteiger partial charge in [-0.05, 0) is 68.9 Å². The predicted molar refractivity (Wildman–Crippen MR) is 82.5 cm³/mol. The summed E-state index contributed by atoms with van der Waals surface area (Å²) in [7, 11) is 2.06. The zero-order valence-electron chi connectivity index (χ0n) is 13.0. The molecule has 112 valence electrons. The molecule has 4 unspecified atom stereocenters. The smallest absolute Gasteiger partial charge is 0.0492 e. The second kappa shape index (κ2) is 6.30. The Morgan fingerprint density at radius 1 is 1.40 bits per heavy atom. The number of nitrogens with zero attached hydrogens (tertiary/aromatic N) is 2. The van der Waals surface area contributed by atoms with Crippen LogP contribution in [0.4, 0.5) is 0 Å². The van der Waals surface area contributed by atoms with E-state index < -0.39 is 0 Å². The molecule has 1 N–H and O–H groups in total. The summed E-state index contributed by atoms with van der Waals surface area (Å²) in [6.07, 6.45) is 11.6. The Hall–Kier alpha value is -0.830. The fourth-order valence-electron chi connectivity index (χ4n) is 4.53. The van der Waals surface area contributed by atoms with E-state index in [0.717, 1.165) is 30.2 Å². The summed E-state index contributed by atoms with van der Waals surface area (Å²) in [4.78, 5) is 0. The number of aryl methyl sites for hydroxylation is 2. The molecule has 3 rings (SSSR count). The lowest BCUT2D eigenvalue weighted by atomic mass is 9.81. The molecule has 2 aliphatic rings. The van der Waals surface area contributed by atoms with Crippen LogP contribution in [0, 0.1) is 17.8 Å². The lowest BCUT2D eigenvalue weighted by molar-refractivity contribution is 0.238. The Morgan fingerprint density at radius 3 is 2.90 bits per heavy atom. The molecule has 0 radical (unpaired) electrons. The molecule has 2 fully saturated rings. The van der Waals surface area contributed by atoms with Crippen molar-refractivity contribution in [1.82, 2.24) is 15.1 Å². The molecule has 0 saturated heterocycles. The summed E-state index contributed by atoms with van der Waals surface area (Å²) in [5.74, 6) is 3.00. The Morgan fingerprint density at radius 2 is 2.30 bits per heavy atom. The SMILES string of the molecule is CCCNC(CCc1ccnn1C)C1CC2CCC1C2. The molecule has 20 heavy (non-hydrogen) atoms. The van der Waals surface area contributed by atoms with Gasteiger partial charge in [0, 0.05) is 25.0 Å². The van der Waals surface area contributed by atoms with Crippen LogP contribution in [0.3, 0.4) is 0 Å². The van der Waals surface area contributed by atoms with E-state index in [2.05, 4.69) is 30.5 Å². The Kier molecular flexibility index (Phi) is 4.45. The van der Waals surface area contributed by atoms with Crippen molar-refractivity contribution in [2.75, 3.05) is 6.54 Å². The highest BCUT2D eigenvalue weighted by molar-refractivity contribution is 5.02. The van der Waals surface area contributed by atoms with Gasteiger partial charge in [-0.3, -0.25) is 4.68 Å². The number of hydrogen-bond donors (Lipinski definition) is 1. The molecular weight excluding hydrogens is 246 g/mol. The number of hydrogen-bond acceptors (Lipinski definition) is 2. The van der Waals surface area contributed by atoms with Crippen LogP contribution in [0.2, 0.25) is 0 Å². The molecule has 1 heterocycles. The van der Waals surface area contributed by atoms with Crippen molar-refractivity contribution in [3.8, 4) is 0 Å². The molecule has 0 aliphatic heterocycles. The van der Waals surface area contributed by atoms with E-state index in [1.807, 2.05) is 10.9 Å². The fourth-order valence-corrected chi connectivity index (χ4v) is 4.53. The fraction of sp³-hybridized carbons (Fsp3) is 0.824. The van der Waals surface area contributed by atoms with E-state index in [1.165, 1.54) is 50.8 Å². The molecule has 1 aromatic rings. The van der Waals surface area contributed by atoms with Gasteiger partial charge in [-0.2, -0.15) is 5.10 Å². The average Bonchev–Trinajstić information content (AvgIpc) is 3.16. The van der Waals surface area contributed by atoms with Gasteiger partial charge in [-0.1, -0.05) is 13.3 Å². The second-order valence-electron chi connectivity index (χ2n) is 6.88. The standard InChI is InChI=1S/C17H29N3/c1-3-9-18-17(7-6-15-8-10-19-20(15)2)16-12-13-4-5-14(16)11-13/h8,10,13-14,16-18H,3-7,9,11-12H2,1-2H3. The van der Waals surface area contributed by atoms with Gasteiger partial charge in [0.2, 0.25) is 0 Å². The average molecular weight is 275 g/mol. The first kappa shape index (κ1) is 14.1. The summed E-state index contributed by atoms with van der Waals surface area (Å²) in [5.41, 5.74) is 1.37. The summed E-state index contributed by atoms with van der Waals surface area (Å²) in [6.45, 7) is 3.44. The van der Waals surface area contributed by atoms with Crippen LogP contribution >= 0.6 is 0 Å². The lowest BCUT2D eigenvalue weighted by Crippen LogP contribution is -2.39. The summed E-state index contributed by atoms with van der Waals surface area (Å²) >= 11 is 0. The number of fused-ring (bicyclic) bond motifs is 2. The summed E-state index contributed by atoms with van der Waals surface area (Å²) < 4.78 is 2.03. The minimum atomic E-state index is 0.722. The molecule has 1 aromatic heterocycles. The Bertz CT molecular complexity index is 426. The van der Waals surface area contributed by atoms with Crippen LogP contribution in [0.25, 0.3) is 0 Å². The van der Waals surface area contributed by atoms with E-state index in [-0.39, 0.29) is 0 Å². The van der Waals surface area contributed by atoms with Crippen LogP contribution in [0.5, 0.6) is 0 Å². The van der Waals surface area contributed by atoms with E-state index in [1.54, 1.807) is 0 Å². The van der Waals surface area contributed by atoms with Crippen LogP contribution in [0.15, 0.2) is 12.3 Å². The molecule has 2 aliphatic carbocycles. The number of aromatic nitrogens is 2. The first-order valence-corrected chi connectivity index (χ1v) is 8.48. The first-order chi connectivity index (χ1) is 9.78. The maximum Gasteiger partial charge on any atom is 0.0492 e. The quantitative estimate of drug-likeness (QED) is 0.828.